The number of nitrogens with one attached hydrogen (secondary N) is 1. The molecule has 0 saturated carbocycles. The molecule has 3 rings (SSSR count). The number of rotatable bonds is 2. The van der Waals surface area contributed by atoms with Gasteiger partial charge >= 0.3 is 6.18 Å². The molecule has 3 heterocycles. The maximum atomic E-state index is 13.3. The predicted molar refractivity (Wildman–Crippen MR) is 70.6 cm³/mol. The summed E-state index contributed by atoms with van der Waals surface area (Å²) >= 11 is 0. The van der Waals surface area contributed by atoms with Crippen molar-refractivity contribution in [2.75, 3.05) is 7.11 Å². The molecule has 114 valence electrons. The summed E-state index contributed by atoms with van der Waals surface area (Å²) in [5.41, 5.74) is -2.77. The van der Waals surface area contributed by atoms with E-state index in [1.54, 1.807) is 0 Å². The fraction of sp³-hybridized carbons (Fsp3) is 0.154. The Balaban J connectivity index is 2.43. The first-order chi connectivity index (χ1) is 10.4. The van der Waals surface area contributed by atoms with E-state index in [2.05, 4.69) is 15.2 Å². The first-order valence-corrected chi connectivity index (χ1v) is 6.08. The zero-order chi connectivity index (χ0) is 15.9. The highest BCUT2D eigenvalue weighted by Gasteiger charge is 2.38. The first-order valence-electron chi connectivity index (χ1n) is 6.08. The molecule has 3 aromatic rings. The lowest BCUT2D eigenvalue weighted by atomic mass is 10.1. The van der Waals surface area contributed by atoms with Gasteiger partial charge in [0.05, 0.1) is 18.9 Å². The van der Waals surface area contributed by atoms with Crippen molar-refractivity contribution in [2.24, 2.45) is 0 Å². The van der Waals surface area contributed by atoms with E-state index in [0.29, 0.717) is 5.75 Å². The molecule has 0 fully saturated rings. The average Bonchev–Trinajstić information content (AvgIpc) is 2.99. The minimum absolute atomic E-state index is 0.0232. The number of H-pyrrole nitrogens is 1. The van der Waals surface area contributed by atoms with Gasteiger partial charge in [-0.1, -0.05) is 0 Å². The Morgan fingerprint density at radius 1 is 1.36 bits per heavy atom. The van der Waals surface area contributed by atoms with Crippen molar-refractivity contribution in [3.8, 4) is 16.9 Å². The minimum atomic E-state index is -4.77. The maximum Gasteiger partial charge on any atom is 0.434 e. The van der Waals surface area contributed by atoms with Crippen LogP contribution in [0.15, 0.2) is 35.5 Å². The van der Waals surface area contributed by atoms with Gasteiger partial charge in [-0.15, -0.1) is 0 Å². The summed E-state index contributed by atoms with van der Waals surface area (Å²) in [5.74, 6) is 0.302. The Morgan fingerprint density at radius 2 is 2.14 bits per heavy atom. The van der Waals surface area contributed by atoms with Gasteiger partial charge < -0.3 is 4.74 Å². The molecule has 0 aliphatic carbocycles. The predicted octanol–water partition coefficient (Wildman–Crippen LogP) is 2.11. The van der Waals surface area contributed by atoms with Crippen LogP contribution in [0.5, 0.6) is 5.75 Å². The monoisotopic (exact) mass is 310 g/mol. The van der Waals surface area contributed by atoms with E-state index in [4.69, 9.17) is 4.74 Å². The lowest BCUT2D eigenvalue weighted by Gasteiger charge is -2.12. The van der Waals surface area contributed by atoms with Gasteiger partial charge in [-0.25, -0.2) is 4.98 Å². The number of ether oxygens (including phenoxy) is 1. The van der Waals surface area contributed by atoms with Gasteiger partial charge in [0.2, 0.25) is 0 Å². The molecule has 0 aliphatic rings. The lowest BCUT2D eigenvalue weighted by Crippen LogP contribution is -2.23. The van der Waals surface area contributed by atoms with Crippen LogP contribution in [0.2, 0.25) is 0 Å². The van der Waals surface area contributed by atoms with Crippen LogP contribution in [0.3, 0.4) is 0 Å². The lowest BCUT2D eigenvalue weighted by molar-refractivity contribution is -0.140. The fourth-order valence-electron chi connectivity index (χ4n) is 2.10. The van der Waals surface area contributed by atoms with Crippen LogP contribution in [0, 0.1) is 0 Å². The summed E-state index contributed by atoms with van der Waals surface area (Å²) in [7, 11) is 1.37. The first kappa shape index (κ1) is 14.1. The van der Waals surface area contributed by atoms with Gasteiger partial charge in [0, 0.05) is 24.0 Å². The van der Waals surface area contributed by atoms with Crippen LogP contribution < -0.4 is 10.3 Å². The topological polar surface area (TPSA) is 72.3 Å². The number of alkyl halides is 3. The molecule has 1 N–H and O–H groups in total. The van der Waals surface area contributed by atoms with Crippen LogP contribution in [-0.2, 0) is 6.18 Å². The second kappa shape index (κ2) is 4.86. The molecule has 0 aliphatic heterocycles. The molecule has 0 unspecified atom stereocenters. The summed E-state index contributed by atoms with van der Waals surface area (Å²) in [6.07, 6.45) is -1.11. The van der Waals surface area contributed by atoms with Gasteiger partial charge in [0.1, 0.15) is 11.4 Å². The molecule has 0 bridgehead atoms. The van der Waals surface area contributed by atoms with E-state index in [-0.39, 0.29) is 11.2 Å². The van der Waals surface area contributed by atoms with Gasteiger partial charge in [0.15, 0.2) is 5.69 Å². The van der Waals surface area contributed by atoms with Gasteiger partial charge in [-0.2, -0.15) is 18.3 Å². The third-order valence-electron chi connectivity index (χ3n) is 3.09. The zero-order valence-corrected chi connectivity index (χ0v) is 11.2. The number of pyridine rings is 1. The summed E-state index contributed by atoms with van der Waals surface area (Å²) in [6, 6.07) is 2.72. The van der Waals surface area contributed by atoms with Crippen LogP contribution in [0.25, 0.3) is 16.8 Å². The highest BCUT2D eigenvalue weighted by molar-refractivity contribution is 5.66. The smallest absolute Gasteiger partial charge is 0.434 e. The quantitative estimate of drug-likeness (QED) is 0.787. The van der Waals surface area contributed by atoms with E-state index in [0.717, 1.165) is 10.6 Å². The van der Waals surface area contributed by atoms with E-state index in [1.807, 2.05) is 0 Å². The fourth-order valence-corrected chi connectivity index (χ4v) is 2.10. The van der Waals surface area contributed by atoms with E-state index in [1.165, 1.54) is 31.6 Å². The second-order valence-corrected chi connectivity index (χ2v) is 4.42. The molecule has 0 radical (unpaired) electrons. The molecule has 9 heteroatoms. The Bertz CT molecular complexity index is 885. The standard InChI is InChI=1S/C13H9F3N4O2/c1-22-8-2-3-20-9(4-8)19-11(13(14,15)16)10(12(20)21)7-5-17-18-6-7/h2-6H,1H3,(H,17,18). The number of hydrogen-bond acceptors (Lipinski definition) is 4. The van der Waals surface area contributed by atoms with Gasteiger partial charge in [-0.3, -0.25) is 14.3 Å². The number of aromatic nitrogens is 4. The SMILES string of the molecule is COc1ccn2c(=O)c(-c3cn[nH]c3)c(C(F)(F)F)nc2c1. The number of methoxy groups -OCH3 is 1. The van der Waals surface area contributed by atoms with E-state index < -0.39 is 23.0 Å². The normalized spacial score (nSPS) is 11.8. The van der Waals surface area contributed by atoms with Crippen LogP contribution in [0.1, 0.15) is 5.69 Å². The number of halogens is 3. The summed E-state index contributed by atoms with van der Waals surface area (Å²) in [6.45, 7) is 0. The van der Waals surface area contributed by atoms with Crippen LogP contribution >= 0.6 is 0 Å². The van der Waals surface area contributed by atoms with Gasteiger partial charge in [0.25, 0.3) is 5.56 Å². The summed E-state index contributed by atoms with van der Waals surface area (Å²) in [5, 5.41) is 5.97. The van der Waals surface area contributed by atoms with Crippen molar-refractivity contribution in [2.45, 2.75) is 6.18 Å². The van der Waals surface area contributed by atoms with E-state index >= 15 is 0 Å². The van der Waals surface area contributed by atoms with Crippen molar-refractivity contribution in [3.63, 3.8) is 0 Å². The highest BCUT2D eigenvalue weighted by Crippen LogP contribution is 2.34. The Morgan fingerprint density at radius 3 is 2.73 bits per heavy atom. The number of fused-ring (bicyclic) bond motifs is 1. The number of aromatic amines is 1. The number of hydrogen-bond donors (Lipinski definition) is 1. The van der Waals surface area contributed by atoms with Crippen molar-refractivity contribution in [3.05, 3.63) is 46.8 Å². The Labute approximate surface area is 121 Å². The van der Waals surface area contributed by atoms with Crippen molar-refractivity contribution < 1.29 is 17.9 Å². The molecular weight excluding hydrogens is 301 g/mol. The number of nitrogens with zero attached hydrogens (tertiary/aromatic N) is 3. The maximum absolute atomic E-state index is 13.3. The third kappa shape index (κ3) is 2.20. The molecule has 0 amide bonds. The highest BCUT2D eigenvalue weighted by atomic mass is 19.4. The van der Waals surface area contributed by atoms with Crippen molar-refractivity contribution in [1.29, 1.82) is 0 Å². The molecule has 0 spiro atoms. The van der Waals surface area contributed by atoms with Crippen LogP contribution in [0.4, 0.5) is 13.2 Å². The molecule has 0 atom stereocenters. The molecule has 0 saturated heterocycles. The average molecular weight is 310 g/mol. The summed E-state index contributed by atoms with van der Waals surface area (Å²) < 4.78 is 45.7. The summed E-state index contributed by atoms with van der Waals surface area (Å²) in [4.78, 5) is 16.0. The second-order valence-electron chi connectivity index (χ2n) is 4.42. The third-order valence-corrected chi connectivity index (χ3v) is 3.09. The molecule has 3 aromatic heterocycles. The molecular formula is C13H9F3N4O2. The van der Waals surface area contributed by atoms with Gasteiger partial charge in [-0.05, 0) is 6.07 Å². The Kier molecular flexibility index (Phi) is 3.12. The van der Waals surface area contributed by atoms with Crippen molar-refractivity contribution in [1.82, 2.24) is 19.6 Å². The largest absolute Gasteiger partial charge is 0.497 e. The zero-order valence-electron chi connectivity index (χ0n) is 11.2. The van der Waals surface area contributed by atoms with E-state index in [9.17, 15) is 18.0 Å². The molecule has 6 nitrogen and oxygen atoms in total. The molecule has 0 aromatic carbocycles. The van der Waals surface area contributed by atoms with Crippen molar-refractivity contribution >= 4 is 5.65 Å². The Hall–Kier alpha value is -2.84. The van der Waals surface area contributed by atoms with Crippen LogP contribution in [-0.4, -0.2) is 26.7 Å². The molecule has 22 heavy (non-hydrogen) atoms. The minimum Gasteiger partial charge on any atom is -0.497 e.